The number of ether oxygens (including phenoxy) is 1. The van der Waals surface area contributed by atoms with Crippen molar-refractivity contribution in [3.05, 3.63) is 54.6 Å². The van der Waals surface area contributed by atoms with E-state index in [2.05, 4.69) is 4.57 Å². The predicted octanol–water partition coefficient (Wildman–Crippen LogP) is 4.30. The SMILES string of the molecule is Oc1ccc2c(c1)Oc1cc(O)cc3c4ccccc4n-2c13. The van der Waals surface area contributed by atoms with Gasteiger partial charge in [-0.2, -0.15) is 0 Å². The van der Waals surface area contributed by atoms with Crippen molar-refractivity contribution in [1.29, 1.82) is 0 Å². The Labute approximate surface area is 125 Å². The molecular weight excluding hydrogens is 278 g/mol. The van der Waals surface area contributed by atoms with Gasteiger partial charge in [-0.3, -0.25) is 0 Å². The van der Waals surface area contributed by atoms with Gasteiger partial charge in [0.2, 0.25) is 0 Å². The molecule has 2 heterocycles. The highest BCUT2D eigenvalue weighted by molar-refractivity contribution is 6.12. The van der Waals surface area contributed by atoms with E-state index in [0.29, 0.717) is 11.5 Å². The van der Waals surface area contributed by atoms with Gasteiger partial charge in [-0.15, -0.1) is 0 Å². The third kappa shape index (κ3) is 1.31. The van der Waals surface area contributed by atoms with E-state index in [1.54, 1.807) is 24.3 Å². The molecule has 0 atom stereocenters. The molecule has 0 bridgehead atoms. The number of rotatable bonds is 0. The second-order valence-electron chi connectivity index (χ2n) is 5.45. The van der Waals surface area contributed by atoms with Crippen molar-refractivity contribution in [2.45, 2.75) is 0 Å². The third-order valence-corrected chi connectivity index (χ3v) is 4.12. The molecule has 1 aliphatic heterocycles. The maximum absolute atomic E-state index is 10.00. The van der Waals surface area contributed by atoms with Gasteiger partial charge in [0, 0.05) is 22.9 Å². The van der Waals surface area contributed by atoms with E-state index in [9.17, 15) is 10.2 Å². The molecule has 0 saturated carbocycles. The Balaban J connectivity index is 2.07. The van der Waals surface area contributed by atoms with Gasteiger partial charge in [-0.05, 0) is 24.3 Å². The number of phenolic OH excluding ortho intramolecular Hbond substituents is 2. The number of benzene rings is 3. The Morgan fingerprint density at radius 1 is 0.773 bits per heavy atom. The van der Waals surface area contributed by atoms with Gasteiger partial charge in [0.15, 0.2) is 11.5 Å². The predicted molar refractivity (Wildman–Crippen MR) is 84.2 cm³/mol. The maximum atomic E-state index is 10.00. The third-order valence-electron chi connectivity index (χ3n) is 4.12. The van der Waals surface area contributed by atoms with Crippen LogP contribution in [0.2, 0.25) is 0 Å². The molecule has 0 spiro atoms. The maximum Gasteiger partial charge on any atom is 0.155 e. The summed E-state index contributed by atoms with van der Waals surface area (Å²) >= 11 is 0. The molecule has 4 aromatic rings. The van der Waals surface area contributed by atoms with Crippen molar-refractivity contribution in [2.75, 3.05) is 0 Å². The molecule has 0 radical (unpaired) electrons. The van der Waals surface area contributed by atoms with E-state index < -0.39 is 0 Å². The lowest BCUT2D eigenvalue weighted by Crippen LogP contribution is -2.03. The highest BCUT2D eigenvalue weighted by Gasteiger charge is 2.24. The summed E-state index contributed by atoms with van der Waals surface area (Å²) in [5, 5.41) is 21.7. The molecular formula is C18H11NO3. The molecule has 0 aliphatic carbocycles. The molecule has 1 aliphatic rings. The smallest absolute Gasteiger partial charge is 0.155 e. The monoisotopic (exact) mass is 289 g/mol. The van der Waals surface area contributed by atoms with Crippen LogP contribution in [0, 0.1) is 0 Å². The van der Waals surface area contributed by atoms with Gasteiger partial charge in [0.05, 0.1) is 16.7 Å². The van der Waals surface area contributed by atoms with Crippen LogP contribution in [-0.2, 0) is 0 Å². The molecule has 5 rings (SSSR count). The molecule has 3 aromatic carbocycles. The first kappa shape index (κ1) is 11.5. The van der Waals surface area contributed by atoms with E-state index >= 15 is 0 Å². The van der Waals surface area contributed by atoms with E-state index in [4.69, 9.17) is 4.74 Å². The van der Waals surface area contributed by atoms with Crippen LogP contribution >= 0.6 is 0 Å². The summed E-state index contributed by atoms with van der Waals surface area (Å²) in [6.45, 7) is 0. The quantitative estimate of drug-likeness (QED) is 0.447. The van der Waals surface area contributed by atoms with E-state index in [0.717, 1.165) is 27.5 Å². The molecule has 106 valence electrons. The molecule has 22 heavy (non-hydrogen) atoms. The average Bonchev–Trinajstić information content (AvgIpc) is 2.83. The van der Waals surface area contributed by atoms with E-state index in [1.165, 1.54) is 0 Å². The van der Waals surface area contributed by atoms with Crippen molar-refractivity contribution in [2.24, 2.45) is 0 Å². The fourth-order valence-electron chi connectivity index (χ4n) is 3.26. The zero-order chi connectivity index (χ0) is 14.8. The van der Waals surface area contributed by atoms with Crippen LogP contribution in [0.5, 0.6) is 23.0 Å². The lowest BCUT2D eigenvalue weighted by Gasteiger charge is -2.21. The Morgan fingerprint density at radius 3 is 2.50 bits per heavy atom. The zero-order valence-electron chi connectivity index (χ0n) is 11.4. The van der Waals surface area contributed by atoms with Gasteiger partial charge in [0.25, 0.3) is 0 Å². The minimum atomic E-state index is 0.148. The number of hydrogen-bond acceptors (Lipinski definition) is 3. The van der Waals surface area contributed by atoms with Crippen LogP contribution in [0.15, 0.2) is 54.6 Å². The number of phenols is 2. The van der Waals surface area contributed by atoms with Crippen molar-refractivity contribution in [1.82, 2.24) is 4.57 Å². The van der Waals surface area contributed by atoms with E-state index in [1.807, 2.05) is 30.3 Å². The fourth-order valence-corrected chi connectivity index (χ4v) is 3.26. The van der Waals surface area contributed by atoms with Crippen LogP contribution in [0.3, 0.4) is 0 Å². The molecule has 0 amide bonds. The molecule has 0 saturated heterocycles. The average molecular weight is 289 g/mol. The summed E-state index contributed by atoms with van der Waals surface area (Å²) in [5.41, 5.74) is 2.85. The van der Waals surface area contributed by atoms with Crippen LogP contribution in [0.25, 0.3) is 27.5 Å². The number of aromatic nitrogens is 1. The summed E-state index contributed by atoms with van der Waals surface area (Å²) in [6, 6.07) is 16.5. The standard InChI is InChI=1S/C18H11NO3/c20-10-5-6-15-16(8-10)22-17-9-11(21)7-13-12-3-1-2-4-14(12)19(15)18(13)17/h1-9,20-21H. The van der Waals surface area contributed by atoms with Crippen molar-refractivity contribution in [3.63, 3.8) is 0 Å². The second kappa shape index (κ2) is 3.74. The zero-order valence-corrected chi connectivity index (χ0v) is 11.4. The lowest BCUT2D eigenvalue weighted by molar-refractivity contribution is 0.443. The first-order chi connectivity index (χ1) is 10.7. The molecule has 0 fully saturated rings. The Hall–Kier alpha value is -3.14. The molecule has 0 unspecified atom stereocenters. The number of hydrogen-bond donors (Lipinski definition) is 2. The number of nitrogens with zero attached hydrogens (tertiary/aromatic N) is 1. The molecule has 4 heteroatoms. The topological polar surface area (TPSA) is 54.6 Å². The van der Waals surface area contributed by atoms with Crippen molar-refractivity contribution >= 4 is 21.8 Å². The minimum Gasteiger partial charge on any atom is -0.508 e. The summed E-state index contributed by atoms with van der Waals surface area (Å²) in [4.78, 5) is 0. The van der Waals surface area contributed by atoms with Crippen LogP contribution in [-0.4, -0.2) is 14.8 Å². The summed E-state index contributed by atoms with van der Waals surface area (Å²) in [7, 11) is 0. The van der Waals surface area contributed by atoms with Gasteiger partial charge in [0.1, 0.15) is 11.5 Å². The van der Waals surface area contributed by atoms with Gasteiger partial charge in [-0.25, -0.2) is 0 Å². The van der Waals surface area contributed by atoms with Crippen LogP contribution in [0.4, 0.5) is 0 Å². The Bertz CT molecular complexity index is 1080. The lowest BCUT2D eigenvalue weighted by atomic mass is 10.1. The number of para-hydroxylation sites is 1. The van der Waals surface area contributed by atoms with Crippen LogP contribution in [0.1, 0.15) is 0 Å². The largest absolute Gasteiger partial charge is 0.508 e. The van der Waals surface area contributed by atoms with Crippen LogP contribution < -0.4 is 4.74 Å². The number of fused-ring (bicyclic) bond motifs is 5. The Morgan fingerprint density at radius 2 is 1.59 bits per heavy atom. The van der Waals surface area contributed by atoms with Crippen molar-refractivity contribution in [3.8, 4) is 28.7 Å². The Kier molecular flexibility index (Phi) is 1.96. The van der Waals surface area contributed by atoms with Gasteiger partial charge >= 0.3 is 0 Å². The van der Waals surface area contributed by atoms with Gasteiger partial charge < -0.3 is 19.5 Å². The second-order valence-corrected chi connectivity index (χ2v) is 5.45. The van der Waals surface area contributed by atoms with Gasteiger partial charge in [-0.1, -0.05) is 18.2 Å². The van der Waals surface area contributed by atoms with Crippen molar-refractivity contribution < 1.29 is 14.9 Å². The summed E-state index contributed by atoms with van der Waals surface area (Å²) < 4.78 is 8.01. The molecule has 1 aromatic heterocycles. The highest BCUT2D eigenvalue weighted by atomic mass is 16.5. The first-order valence-corrected chi connectivity index (χ1v) is 7.00. The minimum absolute atomic E-state index is 0.148. The summed E-state index contributed by atoms with van der Waals surface area (Å²) in [6.07, 6.45) is 0. The molecule has 4 nitrogen and oxygen atoms in total. The normalized spacial score (nSPS) is 12.4. The number of aromatic hydroxyl groups is 2. The first-order valence-electron chi connectivity index (χ1n) is 7.00. The fraction of sp³-hybridized carbons (Fsp3) is 0. The highest BCUT2D eigenvalue weighted by Crippen LogP contribution is 2.47. The molecule has 2 N–H and O–H groups in total. The van der Waals surface area contributed by atoms with E-state index in [-0.39, 0.29) is 11.5 Å². The summed E-state index contributed by atoms with van der Waals surface area (Å²) in [5.74, 6) is 1.47.